The van der Waals surface area contributed by atoms with Gasteiger partial charge < -0.3 is 4.74 Å². The largest absolute Gasteiger partial charge is 0.376 e. The fraction of sp³-hybridized carbons (Fsp3) is 0.455. The minimum atomic E-state index is -3.74. The summed E-state index contributed by atoms with van der Waals surface area (Å²) >= 11 is 8.21. The molecule has 182 valence electrons. The first-order valence-corrected chi connectivity index (χ1v) is 14.5. The number of thiazole rings is 1. The molecule has 0 N–H and O–H groups in total. The fourth-order valence-corrected chi connectivity index (χ4v) is 8.57. The number of carbonyl (C=O) groups excluding carboxylic acids is 1. The van der Waals surface area contributed by atoms with Crippen molar-refractivity contribution in [1.29, 1.82) is 0 Å². The Labute approximate surface area is 210 Å². The van der Waals surface area contributed by atoms with Gasteiger partial charge in [-0.1, -0.05) is 29.0 Å². The van der Waals surface area contributed by atoms with Crippen LogP contribution in [0.15, 0.2) is 34.5 Å². The number of carbonyl (C=O) groups is 1. The quantitative estimate of drug-likeness (QED) is 0.448. The molecule has 0 aliphatic carbocycles. The Bertz CT molecular complexity index is 1310. The summed E-state index contributed by atoms with van der Waals surface area (Å²) in [5.74, 6) is -1.18. The lowest BCUT2D eigenvalue weighted by Crippen LogP contribution is -2.48. The number of para-hydroxylation sites is 1. The molecular weight excluding hydrogens is 521 g/mol. The van der Waals surface area contributed by atoms with Crippen LogP contribution in [-0.4, -0.2) is 56.0 Å². The average Bonchev–Trinajstić information content (AvgIpc) is 3.58. The summed E-state index contributed by atoms with van der Waals surface area (Å²) in [7, 11) is -3.74. The van der Waals surface area contributed by atoms with Crippen molar-refractivity contribution in [3.8, 4) is 0 Å². The number of nitrogens with zero attached hydrogens (tertiary/aromatic N) is 3. The summed E-state index contributed by atoms with van der Waals surface area (Å²) in [6.07, 6.45) is 2.75. The molecule has 2 fully saturated rings. The van der Waals surface area contributed by atoms with Crippen molar-refractivity contribution in [2.24, 2.45) is 5.92 Å². The highest BCUT2D eigenvalue weighted by atomic mass is 35.5. The van der Waals surface area contributed by atoms with Gasteiger partial charge in [0, 0.05) is 19.7 Å². The van der Waals surface area contributed by atoms with E-state index in [9.17, 15) is 17.6 Å². The predicted molar refractivity (Wildman–Crippen MR) is 132 cm³/mol. The molecule has 0 radical (unpaired) electrons. The number of aromatic nitrogens is 1. The van der Waals surface area contributed by atoms with Crippen LogP contribution in [0, 0.1) is 11.7 Å². The summed E-state index contributed by atoms with van der Waals surface area (Å²) in [5, 5.41) is 0.408. The van der Waals surface area contributed by atoms with E-state index in [1.807, 2.05) is 0 Å². The van der Waals surface area contributed by atoms with Crippen LogP contribution >= 0.6 is 34.3 Å². The Kier molecular flexibility index (Phi) is 6.93. The first-order chi connectivity index (χ1) is 16.3. The van der Waals surface area contributed by atoms with Gasteiger partial charge in [-0.25, -0.2) is 17.8 Å². The highest BCUT2D eigenvalue weighted by molar-refractivity contribution is 7.91. The zero-order chi connectivity index (χ0) is 23.9. The summed E-state index contributed by atoms with van der Waals surface area (Å²) in [6.45, 7) is 1.38. The Morgan fingerprint density at radius 2 is 2.09 bits per heavy atom. The Morgan fingerprint density at radius 3 is 2.79 bits per heavy atom. The third kappa shape index (κ3) is 4.74. The maximum Gasteiger partial charge on any atom is 0.252 e. The fourth-order valence-electron chi connectivity index (χ4n) is 4.42. The second-order valence-electron chi connectivity index (χ2n) is 8.43. The lowest BCUT2D eigenvalue weighted by Gasteiger charge is -2.34. The Morgan fingerprint density at radius 1 is 1.24 bits per heavy atom. The number of hydrogen-bond donors (Lipinski definition) is 0. The molecule has 5 rings (SSSR count). The van der Waals surface area contributed by atoms with Crippen LogP contribution in [0.1, 0.15) is 25.7 Å². The molecule has 0 spiro atoms. The maximum absolute atomic E-state index is 14.3. The molecule has 2 aromatic heterocycles. The first kappa shape index (κ1) is 24.1. The summed E-state index contributed by atoms with van der Waals surface area (Å²) in [6, 6.07) is 7.79. The van der Waals surface area contributed by atoms with Crippen LogP contribution < -0.4 is 4.90 Å². The van der Waals surface area contributed by atoms with Crippen LogP contribution in [0.25, 0.3) is 10.2 Å². The van der Waals surface area contributed by atoms with Crippen LogP contribution in [0.3, 0.4) is 0 Å². The minimum absolute atomic E-state index is 0.0813. The molecule has 0 saturated carbocycles. The van der Waals surface area contributed by atoms with Crippen molar-refractivity contribution in [2.45, 2.75) is 36.0 Å². The van der Waals surface area contributed by atoms with Gasteiger partial charge in [-0.15, -0.1) is 11.3 Å². The van der Waals surface area contributed by atoms with Gasteiger partial charge in [-0.3, -0.25) is 9.69 Å². The van der Waals surface area contributed by atoms with Crippen LogP contribution in [-0.2, 0) is 19.6 Å². The van der Waals surface area contributed by atoms with Crippen molar-refractivity contribution >= 4 is 65.6 Å². The van der Waals surface area contributed by atoms with Crippen molar-refractivity contribution in [3.05, 3.63) is 40.5 Å². The zero-order valence-electron chi connectivity index (χ0n) is 18.2. The van der Waals surface area contributed by atoms with Gasteiger partial charge >= 0.3 is 0 Å². The van der Waals surface area contributed by atoms with Gasteiger partial charge in [0.2, 0.25) is 5.91 Å². The molecule has 3 aromatic rings. The highest BCUT2D eigenvalue weighted by Crippen LogP contribution is 2.35. The predicted octanol–water partition coefficient (Wildman–Crippen LogP) is 4.76. The summed E-state index contributed by atoms with van der Waals surface area (Å²) < 4.78 is 48.9. The van der Waals surface area contributed by atoms with E-state index in [1.54, 1.807) is 23.1 Å². The second-order valence-corrected chi connectivity index (χ2v) is 13.3. The molecule has 2 unspecified atom stereocenters. The molecule has 34 heavy (non-hydrogen) atoms. The number of benzene rings is 1. The molecule has 12 heteroatoms. The molecule has 2 aliphatic heterocycles. The molecule has 2 atom stereocenters. The second kappa shape index (κ2) is 9.79. The van der Waals surface area contributed by atoms with E-state index < -0.39 is 21.8 Å². The number of sulfonamides is 1. The highest BCUT2D eigenvalue weighted by Gasteiger charge is 2.37. The van der Waals surface area contributed by atoms with E-state index in [-0.39, 0.29) is 28.3 Å². The van der Waals surface area contributed by atoms with E-state index in [0.29, 0.717) is 46.7 Å². The number of amides is 1. The van der Waals surface area contributed by atoms with E-state index >= 15 is 0 Å². The van der Waals surface area contributed by atoms with Crippen LogP contribution in [0.5, 0.6) is 0 Å². The van der Waals surface area contributed by atoms with E-state index in [4.69, 9.17) is 16.3 Å². The smallest absolute Gasteiger partial charge is 0.252 e. The van der Waals surface area contributed by atoms with Crippen molar-refractivity contribution in [2.75, 3.05) is 31.1 Å². The van der Waals surface area contributed by atoms with Gasteiger partial charge in [0.05, 0.1) is 27.6 Å². The molecule has 4 heterocycles. The summed E-state index contributed by atoms with van der Waals surface area (Å²) in [5.41, 5.74) is 0.232. The monoisotopic (exact) mass is 543 g/mol. The normalized spacial score (nSPS) is 21.8. The maximum atomic E-state index is 14.3. The Hall–Kier alpha value is -1.63. The van der Waals surface area contributed by atoms with Crippen LogP contribution in [0.4, 0.5) is 9.52 Å². The van der Waals surface area contributed by atoms with Gasteiger partial charge in [0.15, 0.2) is 5.13 Å². The van der Waals surface area contributed by atoms with Crippen molar-refractivity contribution < 1.29 is 22.3 Å². The number of rotatable bonds is 6. The number of anilines is 1. The number of thiophene rings is 1. The molecule has 2 aliphatic rings. The third-order valence-electron chi connectivity index (χ3n) is 6.14. The lowest BCUT2D eigenvalue weighted by atomic mass is 9.98. The molecule has 7 nitrogen and oxygen atoms in total. The first-order valence-electron chi connectivity index (χ1n) is 11.1. The van der Waals surface area contributed by atoms with E-state index in [2.05, 4.69) is 4.98 Å². The van der Waals surface area contributed by atoms with Gasteiger partial charge in [0.25, 0.3) is 10.0 Å². The molecule has 0 bridgehead atoms. The number of fused-ring (bicyclic) bond motifs is 1. The van der Waals surface area contributed by atoms with E-state index in [1.165, 1.54) is 27.8 Å². The summed E-state index contributed by atoms with van der Waals surface area (Å²) in [4.78, 5) is 19.8. The molecule has 1 amide bonds. The van der Waals surface area contributed by atoms with Crippen molar-refractivity contribution in [1.82, 2.24) is 9.29 Å². The zero-order valence-corrected chi connectivity index (χ0v) is 21.4. The number of piperidine rings is 1. The van der Waals surface area contributed by atoms with Crippen molar-refractivity contribution in [3.63, 3.8) is 0 Å². The van der Waals surface area contributed by atoms with E-state index in [0.717, 1.165) is 24.2 Å². The average molecular weight is 544 g/mol. The lowest BCUT2D eigenvalue weighted by molar-refractivity contribution is -0.123. The standard InChI is InChI=1S/C22H23ClFN3O4S3/c23-18-8-9-19(33-18)34(29,30)26-10-2-4-14(12-26)21(28)27(13-15-5-3-11-31-15)22-25-20-16(24)6-1-7-17(20)32-22/h1,6-9,14-15H,2-5,10-13H2. The molecule has 1 aromatic carbocycles. The van der Waals surface area contributed by atoms with Gasteiger partial charge in [-0.2, -0.15) is 4.31 Å². The van der Waals surface area contributed by atoms with Crippen LogP contribution in [0.2, 0.25) is 4.34 Å². The topological polar surface area (TPSA) is 79.8 Å². The van der Waals surface area contributed by atoms with Gasteiger partial charge in [-0.05, 0) is 49.9 Å². The SMILES string of the molecule is O=C(C1CCCN(S(=O)(=O)c2ccc(Cl)s2)C1)N(CC1CCCO1)c1nc2c(F)cccc2s1. The number of halogens is 2. The third-order valence-corrected chi connectivity index (χ3v) is 10.7. The number of hydrogen-bond acceptors (Lipinski definition) is 7. The van der Waals surface area contributed by atoms with Gasteiger partial charge in [0.1, 0.15) is 15.5 Å². The molecule has 2 saturated heterocycles. The minimum Gasteiger partial charge on any atom is -0.376 e. The Balaban J connectivity index is 1.42. The molecular formula is C22H23ClFN3O4S3. The number of ether oxygens (including phenoxy) is 1.